The summed E-state index contributed by atoms with van der Waals surface area (Å²) in [5.41, 5.74) is 3.71. The molecule has 0 unspecified atom stereocenters. The third kappa shape index (κ3) is 2.67. The Morgan fingerprint density at radius 1 is 1.27 bits per heavy atom. The smallest absolute Gasteiger partial charge is 0.335 e. The molecule has 8 heteroatoms. The third-order valence-corrected chi connectivity index (χ3v) is 4.23. The SMILES string of the molecule is Cn1ccc2c1C(=O)NCc1cnc(Nc3ccc(C(=O)O)cc3)nc1-2. The van der Waals surface area contributed by atoms with E-state index < -0.39 is 5.97 Å². The fourth-order valence-electron chi connectivity index (χ4n) is 2.92. The minimum Gasteiger partial charge on any atom is -0.478 e. The van der Waals surface area contributed by atoms with Crippen LogP contribution in [0.3, 0.4) is 0 Å². The van der Waals surface area contributed by atoms with Crippen molar-refractivity contribution in [1.82, 2.24) is 19.9 Å². The Labute approximate surface area is 148 Å². The summed E-state index contributed by atoms with van der Waals surface area (Å²) in [5, 5.41) is 14.9. The molecule has 26 heavy (non-hydrogen) atoms. The first-order valence-corrected chi connectivity index (χ1v) is 7.93. The van der Waals surface area contributed by atoms with Gasteiger partial charge >= 0.3 is 5.97 Å². The number of carboxylic acids is 1. The second-order valence-electron chi connectivity index (χ2n) is 5.95. The van der Waals surface area contributed by atoms with Crippen LogP contribution in [-0.2, 0) is 13.6 Å². The van der Waals surface area contributed by atoms with Crippen LogP contribution < -0.4 is 10.6 Å². The average molecular weight is 349 g/mol. The molecule has 1 aliphatic heterocycles. The lowest BCUT2D eigenvalue weighted by molar-refractivity contribution is 0.0696. The fraction of sp³-hybridized carbons (Fsp3) is 0.111. The van der Waals surface area contributed by atoms with Gasteiger partial charge in [-0.15, -0.1) is 0 Å². The molecule has 1 aliphatic rings. The van der Waals surface area contributed by atoms with E-state index in [2.05, 4.69) is 20.6 Å². The molecule has 0 radical (unpaired) electrons. The maximum atomic E-state index is 12.3. The van der Waals surface area contributed by atoms with Crippen molar-refractivity contribution in [2.24, 2.45) is 7.05 Å². The number of anilines is 2. The molecule has 0 spiro atoms. The van der Waals surface area contributed by atoms with Crippen LogP contribution in [0.2, 0.25) is 0 Å². The summed E-state index contributed by atoms with van der Waals surface area (Å²) in [4.78, 5) is 32.1. The largest absolute Gasteiger partial charge is 0.478 e. The number of carbonyl (C=O) groups is 2. The number of hydrogen-bond acceptors (Lipinski definition) is 5. The van der Waals surface area contributed by atoms with Crippen molar-refractivity contribution >= 4 is 23.5 Å². The Bertz CT molecular complexity index is 1020. The summed E-state index contributed by atoms with van der Waals surface area (Å²) >= 11 is 0. The molecule has 0 bridgehead atoms. The maximum absolute atomic E-state index is 12.3. The molecule has 2 aromatic heterocycles. The van der Waals surface area contributed by atoms with Gasteiger partial charge in [0.1, 0.15) is 5.69 Å². The van der Waals surface area contributed by atoms with E-state index in [0.29, 0.717) is 29.6 Å². The molecule has 8 nitrogen and oxygen atoms in total. The van der Waals surface area contributed by atoms with Gasteiger partial charge in [0.05, 0.1) is 11.3 Å². The summed E-state index contributed by atoms with van der Waals surface area (Å²) < 4.78 is 1.76. The minimum absolute atomic E-state index is 0.149. The highest BCUT2D eigenvalue weighted by Gasteiger charge is 2.24. The molecule has 0 saturated carbocycles. The number of amides is 1. The Morgan fingerprint density at radius 2 is 2.04 bits per heavy atom. The van der Waals surface area contributed by atoms with Crippen LogP contribution in [0.4, 0.5) is 11.6 Å². The van der Waals surface area contributed by atoms with Crippen molar-refractivity contribution in [3.05, 3.63) is 59.5 Å². The van der Waals surface area contributed by atoms with Crippen molar-refractivity contribution in [3.8, 4) is 11.3 Å². The van der Waals surface area contributed by atoms with Crippen LogP contribution in [0, 0.1) is 0 Å². The number of carbonyl (C=O) groups excluding carboxylic acids is 1. The van der Waals surface area contributed by atoms with E-state index >= 15 is 0 Å². The highest BCUT2D eigenvalue weighted by molar-refractivity contribution is 6.00. The van der Waals surface area contributed by atoms with Gasteiger partial charge in [0, 0.05) is 42.8 Å². The number of nitrogens with one attached hydrogen (secondary N) is 2. The first-order valence-electron chi connectivity index (χ1n) is 7.93. The Kier molecular flexibility index (Phi) is 3.65. The van der Waals surface area contributed by atoms with Crippen LogP contribution >= 0.6 is 0 Å². The summed E-state index contributed by atoms with van der Waals surface area (Å²) in [5.74, 6) is -0.758. The second-order valence-corrected chi connectivity index (χ2v) is 5.95. The molecule has 1 amide bonds. The lowest BCUT2D eigenvalue weighted by Crippen LogP contribution is -2.23. The summed E-state index contributed by atoms with van der Waals surface area (Å²) in [7, 11) is 1.81. The molecule has 3 N–H and O–H groups in total. The van der Waals surface area contributed by atoms with E-state index in [0.717, 1.165) is 11.1 Å². The first kappa shape index (κ1) is 15.8. The molecule has 0 fully saturated rings. The third-order valence-electron chi connectivity index (χ3n) is 4.23. The van der Waals surface area contributed by atoms with Crippen LogP contribution in [0.15, 0.2) is 42.7 Å². The van der Waals surface area contributed by atoms with Gasteiger partial charge in [-0.25, -0.2) is 14.8 Å². The zero-order valence-electron chi connectivity index (χ0n) is 13.9. The van der Waals surface area contributed by atoms with Crippen molar-refractivity contribution < 1.29 is 14.7 Å². The summed E-state index contributed by atoms with van der Waals surface area (Å²) in [6.07, 6.45) is 3.50. The van der Waals surface area contributed by atoms with Gasteiger partial charge < -0.3 is 20.3 Å². The lowest BCUT2D eigenvalue weighted by atomic mass is 10.1. The van der Waals surface area contributed by atoms with E-state index in [1.54, 1.807) is 22.9 Å². The van der Waals surface area contributed by atoms with Crippen LogP contribution in [-0.4, -0.2) is 31.5 Å². The highest BCUT2D eigenvalue weighted by Crippen LogP contribution is 2.29. The van der Waals surface area contributed by atoms with Gasteiger partial charge in [-0.3, -0.25) is 4.79 Å². The van der Waals surface area contributed by atoms with E-state index in [1.807, 2.05) is 19.3 Å². The predicted molar refractivity (Wildman–Crippen MR) is 94.3 cm³/mol. The fourth-order valence-corrected chi connectivity index (χ4v) is 2.92. The van der Waals surface area contributed by atoms with Gasteiger partial charge in [0.25, 0.3) is 5.91 Å². The quantitative estimate of drug-likeness (QED) is 0.669. The second kappa shape index (κ2) is 5.99. The number of carboxylic acid groups (broad SMARTS) is 1. The van der Waals surface area contributed by atoms with E-state index in [1.165, 1.54) is 12.1 Å². The number of nitrogens with zero attached hydrogens (tertiary/aromatic N) is 3. The summed E-state index contributed by atoms with van der Waals surface area (Å²) in [6, 6.07) is 8.17. The Hall–Kier alpha value is -3.68. The van der Waals surface area contributed by atoms with E-state index in [-0.39, 0.29) is 11.5 Å². The first-order chi connectivity index (χ1) is 12.5. The minimum atomic E-state index is -0.980. The molecule has 3 heterocycles. The number of aryl methyl sites for hydroxylation is 1. The van der Waals surface area contributed by atoms with Crippen LogP contribution in [0.5, 0.6) is 0 Å². The topological polar surface area (TPSA) is 109 Å². The average Bonchev–Trinajstić information content (AvgIpc) is 2.95. The molecule has 0 aliphatic carbocycles. The number of fused-ring (bicyclic) bond motifs is 3. The molecule has 0 atom stereocenters. The molecule has 4 rings (SSSR count). The molecule has 3 aromatic rings. The van der Waals surface area contributed by atoms with Gasteiger partial charge in [0.15, 0.2) is 0 Å². The molecule has 130 valence electrons. The standard InChI is InChI=1S/C18H15N5O3/c1-23-7-6-13-14-11(8-19-16(24)15(13)23)9-20-18(22-14)21-12-4-2-10(3-5-12)17(25)26/h2-7,9H,8H2,1H3,(H,19,24)(H,25,26)(H,20,21,22). The summed E-state index contributed by atoms with van der Waals surface area (Å²) in [6.45, 7) is 0.358. The maximum Gasteiger partial charge on any atom is 0.335 e. The monoisotopic (exact) mass is 349 g/mol. The van der Waals surface area contributed by atoms with Gasteiger partial charge in [-0.2, -0.15) is 0 Å². The number of aromatic carboxylic acids is 1. The van der Waals surface area contributed by atoms with Crippen molar-refractivity contribution in [2.75, 3.05) is 5.32 Å². The normalized spacial score (nSPS) is 12.6. The number of rotatable bonds is 3. The lowest BCUT2D eigenvalue weighted by Gasteiger charge is -2.09. The predicted octanol–water partition coefficient (Wildman–Crippen LogP) is 2.17. The number of aromatic nitrogens is 3. The molecular formula is C18H15N5O3. The Balaban J connectivity index is 1.70. The van der Waals surface area contributed by atoms with Gasteiger partial charge in [-0.1, -0.05) is 0 Å². The van der Waals surface area contributed by atoms with Crippen molar-refractivity contribution in [1.29, 1.82) is 0 Å². The van der Waals surface area contributed by atoms with Crippen molar-refractivity contribution in [3.63, 3.8) is 0 Å². The van der Waals surface area contributed by atoms with E-state index in [4.69, 9.17) is 5.11 Å². The highest BCUT2D eigenvalue weighted by atomic mass is 16.4. The zero-order valence-corrected chi connectivity index (χ0v) is 13.9. The number of benzene rings is 1. The van der Waals surface area contributed by atoms with Crippen LogP contribution in [0.25, 0.3) is 11.3 Å². The molecule has 1 aromatic carbocycles. The van der Waals surface area contributed by atoms with Gasteiger partial charge in [-0.05, 0) is 30.3 Å². The molecule has 0 saturated heterocycles. The number of hydrogen-bond donors (Lipinski definition) is 3. The van der Waals surface area contributed by atoms with Crippen molar-refractivity contribution in [2.45, 2.75) is 6.54 Å². The Morgan fingerprint density at radius 3 is 2.77 bits per heavy atom. The molecular weight excluding hydrogens is 334 g/mol. The van der Waals surface area contributed by atoms with E-state index in [9.17, 15) is 9.59 Å². The zero-order chi connectivity index (χ0) is 18.3. The van der Waals surface area contributed by atoms with Crippen LogP contribution in [0.1, 0.15) is 26.4 Å². The van der Waals surface area contributed by atoms with Gasteiger partial charge in [0.2, 0.25) is 5.95 Å².